The normalized spacial score (nSPS) is 17.1. The standard InChI is InChI=1S/C14H18F3NO2/c15-14(16,17)20-13-3-1-11(2-4-13)9-18-10-12-5-7-19-8-6-12/h1-4,12,18H,5-10H2. The molecule has 0 radical (unpaired) electrons. The molecule has 0 amide bonds. The first-order valence-electron chi connectivity index (χ1n) is 6.66. The van der Waals surface area contributed by atoms with Gasteiger partial charge in [-0.2, -0.15) is 0 Å². The van der Waals surface area contributed by atoms with Gasteiger partial charge in [-0.15, -0.1) is 13.2 Å². The molecule has 112 valence electrons. The van der Waals surface area contributed by atoms with Crippen LogP contribution in [0.25, 0.3) is 0 Å². The summed E-state index contributed by atoms with van der Waals surface area (Å²) in [4.78, 5) is 0. The number of nitrogens with one attached hydrogen (secondary N) is 1. The minimum Gasteiger partial charge on any atom is -0.406 e. The summed E-state index contributed by atoms with van der Waals surface area (Å²) < 4.78 is 45.1. The van der Waals surface area contributed by atoms with Crippen LogP contribution in [0.4, 0.5) is 13.2 Å². The molecule has 3 nitrogen and oxygen atoms in total. The van der Waals surface area contributed by atoms with E-state index in [2.05, 4.69) is 10.1 Å². The van der Waals surface area contributed by atoms with Gasteiger partial charge >= 0.3 is 6.36 Å². The average Bonchev–Trinajstić information content (AvgIpc) is 2.40. The van der Waals surface area contributed by atoms with Gasteiger partial charge in [0, 0.05) is 19.8 Å². The van der Waals surface area contributed by atoms with E-state index < -0.39 is 6.36 Å². The summed E-state index contributed by atoms with van der Waals surface area (Å²) in [5.74, 6) is 0.433. The highest BCUT2D eigenvalue weighted by atomic mass is 19.4. The van der Waals surface area contributed by atoms with Gasteiger partial charge in [0.25, 0.3) is 0 Å². The van der Waals surface area contributed by atoms with Gasteiger partial charge in [0.2, 0.25) is 0 Å². The van der Waals surface area contributed by atoms with Crippen molar-refractivity contribution in [3.05, 3.63) is 29.8 Å². The molecule has 1 aliphatic heterocycles. The van der Waals surface area contributed by atoms with Crippen molar-refractivity contribution in [1.82, 2.24) is 5.32 Å². The lowest BCUT2D eigenvalue weighted by Gasteiger charge is -2.22. The number of hydrogen-bond donors (Lipinski definition) is 1. The van der Waals surface area contributed by atoms with Crippen LogP contribution in [0.2, 0.25) is 0 Å². The summed E-state index contributed by atoms with van der Waals surface area (Å²) >= 11 is 0. The lowest BCUT2D eigenvalue weighted by Crippen LogP contribution is -2.27. The second-order valence-electron chi connectivity index (χ2n) is 4.88. The molecule has 1 fully saturated rings. The molecule has 0 aromatic heterocycles. The van der Waals surface area contributed by atoms with Gasteiger partial charge in [-0.1, -0.05) is 12.1 Å². The first kappa shape index (κ1) is 15.1. The number of benzene rings is 1. The van der Waals surface area contributed by atoms with Crippen LogP contribution in [-0.2, 0) is 11.3 Å². The fraction of sp³-hybridized carbons (Fsp3) is 0.571. The summed E-state index contributed by atoms with van der Waals surface area (Å²) in [5.41, 5.74) is 0.937. The second-order valence-corrected chi connectivity index (χ2v) is 4.88. The molecule has 20 heavy (non-hydrogen) atoms. The number of alkyl halides is 3. The third kappa shape index (κ3) is 5.38. The van der Waals surface area contributed by atoms with Gasteiger partial charge in [-0.3, -0.25) is 0 Å². The van der Waals surface area contributed by atoms with E-state index in [0.717, 1.165) is 38.2 Å². The zero-order valence-electron chi connectivity index (χ0n) is 11.1. The highest BCUT2D eigenvalue weighted by Crippen LogP contribution is 2.22. The Hall–Kier alpha value is -1.27. The maximum Gasteiger partial charge on any atom is 0.573 e. The number of hydrogen-bond acceptors (Lipinski definition) is 3. The van der Waals surface area contributed by atoms with E-state index >= 15 is 0 Å². The minimum atomic E-state index is -4.64. The topological polar surface area (TPSA) is 30.5 Å². The molecule has 1 heterocycles. The molecule has 0 spiro atoms. The Morgan fingerprint density at radius 1 is 1.15 bits per heavy atom. The van der Waals surface area contributed by atoms with Crippen molar-refractivity contribution in [1.29, 1.82) is 0 Å². The van der Waals surface area contributed by atoms with E-state index in [-0.39, 0.29) is 5.75 Å². The van der Waals surface area contributed by atoms with Crippen molar-refractivity contribution >= 4 is 0 Å². The Bertz CT molecular complexity index is 400. The Labute approximate surface area is 116 Å². The number of ether oxygens (including phenoxy) is 2. The molecule has 0 unspecified atom stereocenters. The SMILES string of the molecule is FC(F)(F)Oc1ccc(CNCC2CCOCC2)cc1. The molecule has 1 aromatic carbocycles. The van der Waals surface area contributed by atoms with Crippen LogP contribution in [0.5, 0.6) is 5.75 Å². The Morgan fingerprint density at radius 2 is 1.80 bits per heavy atom. The third-order valence-corrected chi connectivity index (χ3v) is 3.26. The Kier molecular flexibility index (Phi) is 5.25. The zero-order chi connectivity index (χ0) is 14.4. The van der Waals surface area contributed by atoms with Crippen molar-refractivity contribution in [2.24, 2.45) is 5.92 Å². The van der Waals surface area contributed by atoms with Crippen molar-refractivity contribution in [3.8, 4) is 5.75 Å². The monoisotopic (exact) mass is 289 g/mol. The quantitative estimate of drug-likeness (QED) is 0.903. The average molecular weight is 289 g/mol. The van der Waals surface area contributed by atoms with Gasteiger partial charge in [0.1, 0.15) is 5.75 Å². The van der Waals surface area contributed by atoms with Crippen LogP contribution in [0, 0.1) is 5.92 Å². The molecule has 1 N–H and O–H groups in total. The second kappa shape index (κ2) is 6.95. The van der Waals surface area contributed by atoms with Crippen molar-refractivity contribution < 1.29 is 22.6 Å². The largest absolute Gasteiger partial charge is 0.573 e. The number of rotatable bonds is 5. The molecular formula is C14H18F3NO2. The van der Waals surface area contributed by atoms with Crippen molar-refractivity contribution in [3.63, 3.8) is 0 Å². The Balaban J connectivity index is 1.73. The first-order valence-corrected chi connectivity index (χ1v) is 6.66. The third-order valence-electron chi connectivity index (χ3n) is 3.26. The fourth-order valence-electron chi connectivity index (χ4n) is 2.18. The van der Waals surface area contributed by atoms with E-state index in [1.54, 1.807) is 12.1 Å². The molecule has 0 atom stereocenters. The smallest absolute Gasteiger partial charge is 0.406 e. The van der Waals surface area contributed by atoms with E-state index in [0.29, 0.717) is 12.5 Å². The van der Waals surface area contributed by atoms with E-state index in [1.807, 2.05) is 0 Å². The summed E-state index contributed by atoms with van der Waals surface area (Å²) in [5, 5.41) is 3.32. The maximum atomic E-state index is 12.0. The van der Waals surface area contributed by atoms with Crippen LogP contribution in [-0.4, -0.2) is 26.1 Å². The van der Waals surface area contributed by atoms with Crippen LogP contribution >= 0.6 is 0 Å². The molecule has 6 heteroatoms. The highest BCUT2D eigenvalue weighted by Gasteiger charge is 2.30. The number of halogens is 3. The summed E-state index contributed by atoms with van der Waals surface area (Å²) in [6, 6.07) is 5.94. The van der Waals surface area contributed by atoms with Crippen molar-refractivity contribution in [2.75, 3.05) is 19.8 Å². The molecule has 0 bridgehead atoms. The zero-order valence-corrected chi connectivity index (χ0v) is 11.1. The summed E-state index contributed by atoms with van der Waals surface area (Å²) in [6.45, 7) is 3.18. The molecule has 1 aromatic rings. The molecule has 1 saturated heterocycles. The maximum absolute atomic E-state index is 12.0. The predicted molar refractivity (Wildman–Crippen MR) is 68.4 cm³/mol. The van der Waals surface area contributed by atoms with Crippen LogP contribution in [0.3, 0.4) is 0 Å². The lowest BCUT2D eigenvalue weighted by atomic mass is 10.0. The van der Waals surface area contributed by atoms with E-state index in [1.165, 1.54) is 12.1 Å². The first-order chi connectivity index (χ1) is 9.53. The van der Waals surface area contributed by atoms with Gasteiger partial charge in [-0.05, 0) is 43.0 Å². The summed E-state index contributed by atoms with van der Waals surface area (Å²) in [7, 11) is 0. The van der Waals surface area contributed by atoms with Gasteiger partial charge in [0.05, 0.1) is 0 Å². The molecule has 0 saturated carbocycles. The molecule has 0 aliphatic carbocycles. The van der Waals surface area contributed by atoms with Crippen molar-refractivity contribution in [2.45, 2.75) is 25.7 Å². The molecule has 1 aliphatic rings. The lowest BCUT2D eigenvalue weighted by molar-refractivity contribution is -0.274. The van der Waals surface area contributed by atoms with Crippen LogP contribution in [0.15, 0.2) is 24.3 Å². The molecule has 2 rings (SSSR count). The summed E-state index contributed by atoms with van der Waals surface area (Å²) in [6.07, 6.45) is -2.51. The van der Waals surface area contributed by atoms with Gasteiger partial charge < -0.3 is 14.8 Å². The highest BCUT2D eigenvalue weighted by molar-refractivity contribution is 5.27. The van der Waals surface area contributed by atoms with E-state index in [4.69, 9.17) is 4.74 Å². The van der Waals surface area contributed by atoms with Crippen LogP contribution in [0.1, 0.15) is 18.4 Å². The fourth-order valence-corrected chi connectivity index (χ4v) is 2.18. The van der Waals surface area contributed by atoms with Gasteiger partial charge in [0.15, 0.2) is 0 Å². The Morgan fingerprint density at radius 3 is 2.40 bits per heavy atom. The van der Waals surface area contributed by atoms with E-state index in [9.17, 15) is 13.2 Å². The van der Waals surface area contributed by atoms with Crippen LogP contribution < -0.4 is 10.1 Å². The van der Waals surface area contributed by atoms with Gasteiger partial charge in [-0.25, -0.2) is 0 Å². The predicted octanol–water partition coefficient (Wildman–Crippen LogP) is 3.10. The minimum absolute atomic E-state index is 0.189. The molecular weight excluding hydrogens is 271 g/mol.